The maximum absolute atomic E-state index is 12.0. The first-order valence-electron chi connectivity index (χ1n) is 7.59. The third-order valence-electron chi connectivity index (χ3n) is 3.40. The van der Waals surface area contributed by atoms with Crippen molar-refractivity contribution in [2.45, 2.75) is 5.75 Å². The average molecular weight is 342 g/mol. The van der Waals surface area contributed by atoms with Crippen molar-refractivity contribution in [3.63, 3.8) is 0 Å². The lowest BCUT2D eigenvalue weighted by Crippen LogP contribution is -2.30. The summed E-state index contributed by atoms with van der Waals surface area (Å²) in [6.07, 6.45) is 1.64. The maximum atomic E-state index is 12.0. The Morgan fingerprint density at radius 2 is 1.58 bits per heavy atom. The monoisotopic (exact) mass is 342 g/mol. The van der Waals surface area contributed by atoms with Gasteiger partial charge in [-0.25, -0.2) is 18.1 Å². The predicted octanol–water partition coefficient (Wildman–Crippen LogP) is 2.16. The Morgan fingerprint density at radius 1 is 0.875 bits per heavy atom. The van der Waals surface area contributed by atoms with Crippen LogP contribution in [0.2, 0.25) is 0 Å². The number of anilines is 1. The van der Waals surface area contributed by atoms with Crippen LogP contribution in [0.5, 0.6) is 0 Å². The summed E-state index contributed by atoms with van der Waals surface area (Å²) >= 11 is 0. The predicted molar refractivity (Wildman–Crippen MR) is 95.1 cm³/mol. The Bertz CT molecular complexity index is 914. The van der Waals surface area contributed by atoms with Gasteiger partial charge < -0.3 is 5.32 Å². The minimum atomic E-state index is -3.35. The first-order chi connectivity index (χ1) is 11.6. The Kier molecular flexibility index (Phi) is 5.02. The van der Waals surface area contributed by atoms with Gasteiger partial charge in [-0.05, 0) is 17.7 Å². The van der Waals surface area contributed by atoms with Crippen LogP contribution in [0.25, 0.3) is 11.0 Å². The van der Waals surface area contributed by atoms with Crippen molar-refractivity contribution in [1.82, 2.24) is 14.7 Å². The van der Waals surface area contributed by atoms with E-state index in [0.717, 1.165) is 16.6 Å². The molecule has 0 atom stereocenters. The summed E-state index contributed by atoms with van der Waals surface area (Å²) < 4.78 is 26.6. The lowest BCUT2D eigenvalue weighted by Gasteiger charge is -2.08. The molecule has 0 fully saturated rings. The third kappa shape index (κ3) is 4.50. The molecule has 1 heterocycles. The molecule has 2 N–H and O–H groups in total. The van der Waals surface area contributed by atoms with E-state index >= 15 is 0 Å². The molecule has 1 aromatic heterocycles. The highest BCUT2D eigenvalue weighted by Crippen LogP contribution is 2.10. The molecule has 0 unspecified atom stereocenters. The minimum Gasteiger partial charge on any atom is -0.367 e. The van der Waals surface area contributed by atoms with Crippen molar-refractivity contribution in [2.75, 3.05) is 18.4 Å². The Labute approximate surface area is 141 Å². The number of hydrogen-bond donors (Lipinski definition) is 2. The summed E-state index contributed by atoms with van der Waals surface area (Å²) in [5, 5.41) is 3.07. The van der Waals surface area contributed by atoms with Gasteiger partial charge in [0, 0.05) is 13.1 Å². The molecular weight excluding hydrogens is 324 g/mol. The van der Waals surface area contributed by atoms with Gasteiger partial charge in [0.15, 0.2) is 0 Å². The van der Waals surface area contributed by atoms with Gasteiger partial charge in [-0.15, -0.1) is 0 Å². The summed E-state index contributed by atoms with van der Waals surface area (Å²) in [7, 11) is -3.35. The molecule has 0 spiro atoms. The van der Waals surface area contributed by atoms with Crippen LogP contribution in [-0.2, 0) is 15.8 Å². The Balaban J connectivity index is 1.50. The van der Waals surface area contributed by atoms with Crippen molar-refractivity contribution < 1.29 is 8.42 Å². The van der Waals surface area contributed by atoms with Crippen LogP contribution in [0, 0.1) is 0 Å². The van der Waals surface area contributed by atoms with E-state index in [1.165, 1.54) is 0 Å². The second-order valence-corrected chi connectivity index (χ2v) is 7.12. The van der Waals surface area contributed by atoms with E-state index in [2.05, 4.69) is 20.0 Å². The van der Waals surface area contributed by atoms with Crippen LogP contribution in [0.4, 0.5) is 5.82 Å². The SMILES string of the molecule is O=S(=O)(Cc1ccccc1)NCCNc1cnc2ccccc2n1. The topological polar surface area (TPSA) is 84.0 Å². The first kappa shape index (κ1) is 16.4. The molecule has 0 aliphatic rings. The van der Waals surface area contributed by atoms with Crippen molar-refractivity contribution in [2.24, 2.45) is 0 Å². The molecule has 0 bridgehead atoms. The fraction of sp³-hybridized carbons (Fsp3) is 0.176. The molecule has 3 rings (SSSR count). The molecular formula is C17H18N4O2S. The molecule has 124 valence electrons. The largest absolute Gasteiger partial charge is 0.367 e. The molecule has 0 aliphatic carbocycles. The van der Waals surface area contributed by atoms with E-state index in [0.29, 0.717) is 12.4 Å². The van der Waals surface area contributed by atoms with Gasteiger partial charge in [-0.2, -0.15) is 0 Å². The molecule has 0 aliphatic heterocycles. The number of sulfonamides is 1. The van der Waals surface area contributed by atoms with Gasteiger partial charge in [-0.1, -0.05) is 42.5 Å². The number of rotatable bonds is 7. The quantitative estimate of drug-likeness (QED) is 0.643. The number of nitrogens with one attached hydrogen (secondary N) is 2. The molecule has 0 saturated carbocycles. The lowest BCUT2D eigenvalue weighted by molar-refractivity contribution is 0.582. The Hall–Kier alpha value is -2.51. The van der Waals surface area contributed by atoms with Crippen molar-refractivity contribution in [3.8, 4) is 0 Å². The zero-order valence-corrected chi connectivity index (χ0v) is 13.8. The highest BCUT2D eigenvalue weighted by atomic mass is 32.2. The normalized spacial score (nSPS) is 11.5. The van der Waals surface area contributed by atoms with Crippen LogP contribution < -0.4 is 10.0 Å². The highest BCUT2D eigenvalue weighted by molar-refractivity contribution is 7.88. The average Bonchev–Trinajstić information content (AvgIpc) is 2.59. The molecule has 3 aromatic rings. The summed E-state index contributed by atoms with van der Waals surface area (Å²) in [5.74, 6) is 0.597. The summed E-state index contributed by atoms with van der Waals surface area (Å²) in [6.45, 7) is 0.713. The van der Waals surface area contributed by atoms with E-state index in [4.69, 9.17) is 0 Å². The van der Waals surface area contributed by atoms with Gasteiger partial charge in [0.2, 0.25) is 10.0 Å². The van der Waals surface area contributed by atoms with E-state index in [1.807, 2.05) is 42.5 Å². The van der Waals surface area contributed by atoms with E-state index in [9.17, 15) is 8.42 Å². The molecule has 0 amide bonds. The number of para-hydroxylation sites is 2. The van der Waals surface area contributed by atoms with Gasteiger partial charge >= 0.3 is 0 Å². The van der Waals surface area contributed by atoms with Crippen LogP contribution in [0.15, 0.2) is 60.8 Å². The molecule has 0 saturated heterocycles. The molecule has 7 heteroatoms. The second kappa shape index (κ2) is 7.37. The number of hydrogen-bond acceptors (Lipinski definition) is 5. The minimum absolute atomic E-state index is 0.0242. The van der Waals surface area contributed by atoms with Gasteiger partial charge in [0.25, 0.3) is 0 Å². The van der Waals surface area contributed by atoms with Crippen LogP contribution >= 0.6 is 0 Å². The van der Waals surface area contributed by atoms with Crippen LogP contribution in [0.3, 0.4) is 0 Å². The number of aromatic nitrogens is 2. The van der Waals surface area contributed by atoms with Crippen LogP contribution in [0.1, 0.15) is 5.56 Å². The summed E-state index contributed by atoms with van der Waals surface area (Å²) in [5.41, 5.74) is 2.39. The zero-order chi connectivity index (χ0) is 16.8. The molecule has 6 nitrogen and oxygen atoms in total. The lowest BCUT2D eigenvalue weighted by atomic mass is 10.2. The molecule has 0 radical (unpaired) electrons. The molecule has 2 aromatic carbocycles. The van der Waals surface area contributed by atoms with E-state index in [-0.39, 0.29) is 12.3 Å². The number of fused-ring (bicyclic) bond motifs is 1. The molecule has 24 heavy (non-hydrogen) atoms. The van der Waals surface area contributed by atoms with Crippen molar-refractivity contribution >= 4 is 26.9 Å². The Morgan fingerprint density at radius 3 is 2.38 bits per heavy atom. The van der Waals surface area contributed by atoms with E-state index in [1.54, 1.807) is 18.3 Å². The fourth-order valence-corrected chi connectivity index (χ4v) is 3.43. The summed E-state index contributed by atoms with van der Waals surface area (Å²) in [6, 6.07) is 16.7. The van der Waals surface area contributed by atoms with Gasteiger partial charge in [0.05, 0.1) is 23.0 Å². The van der Waals surface area contributed by atoms with Crippen molar-refractivity contribution in [3.05, 3.63) is 66.4 Å². The van der Waals surface area contributed by atoms with Crippen molar-refractivity contribution in [1.29, 1.82) is 0 Å². The highest BCUT2D eigenvalue weighted by Gasteiger charge is 2.10. The zero-order valence-electron chi connectivity index (χ0n) is 13.0. The first-order valence-corrected chi connectivity index (χ1v) is 9.24. The van der Waals surface area contributed by atoms with Gasteiger partial charge in [-0.3, -0.25) is 4.98 Å². The fourth-order valence-electron chi connectivity index (χ4n) is 2.28. The van der Waals surface area contributed by atoms with E-state index < -0.39 is 10.0 Å². The standard InChI is InChI=1S/C17H18N4O2S/c22-24(23,13-14-6-2-1-3-7-14)20-11-10-18-17-12-19-15-8-4-5-9-16(15)21-17/h1-9,12,20H,10-11,13H2,(H,18,21). The van der Waals surface area contributed by atoms with Crippen LogP contribution in [-0.4, -0.2) is 31.5 Å². The number of benzene rings is 2. The smallest absolute Gasteiger partial charge is 0.215 e. The second-order valence-electron chi connectivity index (χ2n) is 5.31. The number of nitrogens with zero attached hydrogens (tertiary/aromatic N) is 2. The summed E-state index contributed by atoms with van der Waals surface area (Å²) in [4.78, 5) is 8.73. The van der Waals surface area contributed by atoms with Gasteiger partial charge in [0.1, 0.15) is 5.82 Å². The third-order valence-corrected chi connectivity index (χ3v) is 4.76. The maximum Gasteiger partial charge on any atom is 0.215 e.